The Morgan fingerprint density at radius 3 is 3.08 bits per heavy atom. The second-order valence-corrected chi connectivity index (χ2v) is 2.40. The van der Waals surface area contributed by atoms with Crippen molar-refractivity contribution in [3.8, 4) is 0 Å². The Balaban J connectivity index is 2.60. The lowest BCUT2D eigenvalue weighted by Gasteiger charge is -2.01. The molecule has 0 fully saturated rings. The number of carbonyl (C=O) groups is 1. The molecule has 0 radical (unpaired) electrons. The van der Waals surface area contributed by atoms with Gasteiger partial charge < -0.3 is 0 Å². The second-order valence-electron chi connectivity index (χ2n) is 2.40. The first-order valence-corrected chi connectivity index (χ1v) is 3.75. The number of aromatic nitrogens is 2. The van der Waals surface area contributed by atoms with E-state index in [1.54, 1.807) is 6.07 Å². The Kier molecular flexibility index (Phi) is 3.15. The largest absolute Gasteiger partial charge is 0.294 e. The van der Waals surface area contributed by atoms with E-state index in [2.05, 4.69) is 5.10 Å². The van der Waals surface area contributed by atoms with Gasteiger partial charge >= 0.3 is 0 Å². The van der Waals surface area contributed by atoms with Crippen LogP contribution >= 0.6 is 0 Å². The van der Waals surface area contributed by atoms with Crippen molar-refractivity contribution in [3.05, 3.63) is 28.7 Å². The Hall–Kier alpha value is -1.69. The molecule has 0 saturated carbocycles. The van der Waals surface area contributed by atoms with Gasteiger partial charge in [0.05, 0.1) is 6.54 Å². The molecule has 1 aromatic rings. The monoisotopic (exact) mass is 182 g/mol. The first-order valence-electron chi connectivity index (χ1n) is 3.75. The summed E-state index contributed by atoms with van der Waals surface area (Å²) in [6, 6.07) is 2.93. The highest BCUT2D eigenvalue weighted by atomic mass is 16.2. The van der Waals surface area contributed by atoms with Gasteiger partial charge in [-0.05, 0) is 6.07 Å². The lowest BCUT2D eigenvalue weighted by Crippen LogP contribution is -2.32. The Bertz CT molecular complexity index is 346. The van der Waals surface area contributed by atoms with Crippen molar-refractivity contribution in [2.75, 3.05) is 0 Å². The van der Waals surface area contributed by atoms with Crippen molar-refractivity contribution in [2.45, 2.75) is 13.0 Å². The van der Waals surface area contributed by atoms with Gasteiger partial charge in [-0.1, -0.05) is 0 Å². The third-order valence-electron chi connectivity index (χ3n) is 1.50. The van der Waals surface area contributed by atoms with Crippen molar-refractivity contribution in [1.82, 2.24) is 15.2 Å². The van der Waals surface area contributed by atoms with E-state index in [4.69, 9.17) is 5.84 Å². The molecule has 0 saturated heterocycles. The van der Waals surface area contributed by atoms with Crippen LogP contribution in [0.25, 0.3) is 0 Å². The summed E-state index contributed by atoms with van der Waals surface area (Å²) in [5, 5.41) is 3.77. The minimum atomic E-state index is -0.322. The summed E-state index contributed by atoms with van der Waals surface area (Å²) >= 11 is 0. The fourth-order valence-electron chi connectivity index (χ4n) is 0.835. The quantitative estimate of drug-likeness (QED) is 0.342. The Morgan fingerprint density at radius 2 is 2.46 bits per heavy atom. The normalized spacial score (nSPS) is 9.62. The molecule has 6 nitrogen and oxygen atoms in total. The van der Waals surface area contributed by atoms with Crippen molar-refractivity contribution >= 4 is 5.91 Å². The fourth-order valence-corrected chi connectivity index (χ4v) is 0.835. The third kappa shape index (κ3) is 2.68. The van der Waals surface area contributed by atoms with Crippen LogP contribution < -0.4 is 16.8 Å². The molecule has 1 amide bonds. The molecule has 0 atom stereocenters. The van der Waals surface area contributed by atoms with Gasteiger partial charge in [-0.2, -0.15) is 5.10 Å². The summed E-state index contributed by atoms with van der Waals surface area (Å²) in [6.07, 6.45) is 1.63. The number of carbonyl (C=O) groups excluding carboxylic acids is 1. The highest BCUT2D eigenvalue weighted by molar-refractivity contribution is 5.74. The number of amides is 1. The predicted molar refractivity (Wildman–Crippen MR) is 45.4 cm³/mol. The van der Waals surface area contributed by atoms with Gasteiger partial charge in [0, 0.05) is 18.7 Å². The molecular formula is C7H10N4O2. The minimum Gasteiger partial charge on any atom is -0.294 e. The van der Waals surface area contributed by atoms with Crippen LogP contribution in [0.2, 0.25) is 0 Å². The molecule has 0 aliphatic rings. The van der Waals surface area contributed by atoms with Crippen molar-refractivity contribution in [3.63, 3.8) is 0 Å². The average molecular weight is 182 g/mol. The molecule has 3 N–H and O–H groups in total. The van der Waals surface area contributed by atoms with Crippen LogP contribution in [0.1, 0.15) is 6.42 Å². The van der Waals surface area contributed by atoms with Crippen LogP contribution in [0.5, 0.6) is 0 Å². The number of nitrogens with two attached hydrogens (primary N) is 1. The summed E-state index contributed by atoms with van der Waals surface area (Å²) in [6.45, 7) is 0.239. The standard InChI is InChI=1S/C7H10N4O2/c8-10-6(12)3-5-11-7(13)2-1-4-9-11/h1-2,4H,3,5,8H2,(H,10,12). The predicted octanol–water partition coefficient (Wildman–Crippen LogP) is -1.38. The number of hydrogen-bond donors (Lipinski definition) is 2. The zero-order valence-corrected chi connectivity index (χ0v) is 6.93. The van der Waals surface area contributed by atoms with E-state index in [1.165, 1.54) is 16.9 Å². The fraction of sp³-hybridized carbons (Fsp3) is 0.286. The highest BCUT2D eigenvalue weighted by Gasteiger charge is 2.00. The molecule has 6 heteroatoms. The van der Waals surface area contributed by atoms with Crippen molar-refractivity contribution in [1.29, 1.82) is 0 Å². The van der Waals surface area contributed by atoms with E-state index in [0.717, 1.165) is 0 Å². The number of aryl methyl sites for hydroxylation is 1. The minimum absolute atomic E-state index is 0.146. The number of hydrazine groups is 1. The van der Waals surface area contributed by atoms with Crippen molar-refractivity contribution in [2.24, 2.45) is 5.84 Å². The molecule has 1 rings (SSSR count). The SMILES string of the molecule is NNC(=O)CCn1ncccc1=O. The molecule has 0 spiro atoms. The molecule has 0 aromatic carbocycles. The van der Waals surface area contributed by atoms with Crippen molar-refractivity contribution < 1.29 is 4.79 Å². The van der Waals surface area contributed by atoms with E-state index < -0.39 is 0 Å². The van der Waals surface area contributed by atoms with Crippen LogP contribution in [0, 0.1) is 0 Å². The number of nitrogens with one attached hydrogen (secondary N) is 1. The van der Waals surface area contributed by atoms with Gasteiger partial charge in [0.25, 0.3) is 5.56 Å². The van der Waals surface area contributed by atoms with E-state index in [0.29, 0.717) is 0 Å². The van der Waals surface area contributed by atoms with Gasteiger partial charge in [-0.25, -0.2) is 10.5 Å². The summed E-state index contributed by atoms with van der Waals surface area (Å²) in [5.74, 6) is 4.55. The summed E-state index contributed by atoms with van der Waals surface area (Å²) < 4.78 is 1.20. The molecule has 0 unspecified atom stereocenters. The molecular weight excluding hydrogens is 172 g/mol. The Morgan fingerprint density at radius 1 is 1.69 bits per heavy atom. The second kappa shape index (κ2) is 4.36. The van der Waals surface area contributed by atoms with Crippen LogP contribution in [0.3, 0.4) is 0 Å². The maximum absolute atomic E-state index is 11.1. The van der Waals surface area contributed by atoms with Gasteiger partial charge in [0.2, 0.25) is 5.91 Å². The van der Waals surface area contributed by atoms with Gasteiger partial charge in [0.1, 0.15) is 0 Å². The molecule has 0 aliphatic carbocycles. The van der Waals surface area contributed by atoms with Crippen LogP contribution in [-0.4, -0.2) is 15.7 Å². The summed E-state index contributed by atoms with van der Waals surface area (Å²) in [4.78, 5) is 21.8. The number of nitrogens with zero attached hydrogens (tertiary/aromatic N) is 2. The first kappa shape index (κ1) is 9.40. The van der Waals surface area contributed by atoms with E-state index in [9.17, 15) is 9.59 Å². The smallest absolute Gasteiger partial charge is 0.266 e. The highest BCUT2D eigenvalue weighted by Crippen LogP contribution is 1.82. The molecule has 70 valence electrons. The zero-order valence-electron chi connectivity index (χ0n) is 6.93. The summed E-state index contributed by atoms with van der Waals surface area (Å²) in [7, 11) is 0. The third-order valence-corrected chi connectivity index (χ3v) is 1.50. The lowest BCUT2D eigenvalue weighted by molar-refractivity contribution is -0.121. The number of rotatable bonds is 3. The first-order chi connectivity index (χ1) is 6.24. The molecule has 13 heavy (non-hydrogen) atoms. The van der Waals surface area contributed by atoms with Gasteiger partial charge in [-0.3, -0.25) is 15.0 Å². The number of hydrogen-bond acceptors (Lipinski definition) is 4. The maximum Gasteiger partial charge on any atom is 0.266 e. The van der Waals surface area contributed by atoms with Crippen LogP contribution in [0.15, 0.2) is 23.1 Å². The van der Waals surface area contributed by atoms with Gasteiger partial charge in [-0.15, -0.1) is 0 Å². The van der Waals surface area contributed by atoms with Gasteiger partial charge in [0.15, 0.2) is 0 Å². The topological polar surface area (TPSA) is 90.0 Å². The van der Waals surface area contributed by atoms with E-state index >= 15 is 0 Å². The van der Waals surface area contributed by atoms with E-state index in [-0.39, 0.29) is 24.4 Å². The molecule has 0 bridgehead atoms. The average Bonchev–Trinajstić information content (AvgIpc) is 2.16. The molecule has 1 aromatic heterocycles. The Labute approximate surface area is 74.3 Å². The van der Waals surface area contributed by atoms with Crippen LogP contribution in [-0.2, 0) is 11.3 Å². The molecule has 0 aliphatic heterocycles. The zero-order chi connectivity index (χ0) is 9.68. The molecule has 1 heterocycles. The van der Waals surface area contributed by atoms with Crippen LogP contribution in [0.4, 0.5) is 0 Å². The lowest BCUT2D eigenvalue weighted by atomic mass is 10.4. The summed E-state index contributed by atoms with van der Waals surface area (Å²) in [5.41, 5.74) is 1.74. The maximum atomic E-state index is 11.1. The van der Waals surface area contributed by atoms with E-state index in [1.807, 2.05) is 5.43 Å².